The Morgan fingerprint density at radius 3 is 2.06 bits per heavy atom. The monoisotopic (exact) mass is 482 g/mol. The highest BCUT2D eigenvalue weighted by Gasteiger charge is 2.23. The second kappa shape index (κ2) is 9.97. The third kappa shape index (κ3) is 6.41. The van der Waals surface area contributed by atoms with Crippen molar-refractivity contribution in [2.24, 2.45) is 0 Å². The van der Waals surface area contributed by atoms with Gasteiger partial charge in [-0.1, -0.05) is 29.3 Å². The Morgan fingerprint density at radius 1 is 0.935 bits per heavy atom. The number of hydrogen-bond acceptors (Lipinski definition) is 4. The van der Waals surface area contributed by atoms with Gasteiger partial charge in [-0.15, -0.1) is 0 Å². The van der Waals surface area contributed by atoms with Crippen molar-refractivity contribution in [2.45, 2.75) is 10.9 Å². The van der Waals surface area contributed by atoms with E-state index in [0.29, 0.717) is 33.7 Å². The van der Waals surface area contributed by atoms with E-state index in [0.717, 1.165) is 0 Å². The average molecular weight is 483 g/mol. The molecule has 0 saturated carbocycles. The maximum Gasteiger partial charge on any atom is 0.241 e. The summed E-state index contributed by atoms with van der Waals surface area (Å²) in [5.41, 5.74) is 0.697. The topological polar surface area (TPSA) is 58.6 Å². The number of halogens is 3. The van der Waals surface area contributed by atoms with Gasteiger partial charge in [0.25, 0.3) is 0 Å². The summed E-state index contributed by atoms with van der Waals surface area (Å²) >= 11 is 12.1. The van der Waals surface area contributed by atoms with E-state index in [4.69, 9.17) is 27.9 Å². The molecule has 5 nitrogen and oxygen atoms in total. The minimum absolute atomic E-state index is 0.0859. The van der Waals surface area contributed by atoms with Crippen molar-refractivity contribution in [1.29, 1.82) is 0 Å². The fourth-order valence-corrected chi connectivity index (χ4v) is 4.41. The van der Waals surface area contributed by atoms with Crippen LogP contribution in [-0.2, 0) is 10.0 Å². The minimum Gasteiger partial charge on any atom is -0.457 e. The van der Waals surface area contributed by atoms with Crippen LogP contribution in [0.1, 0.15) is 11.6 Å². The molecule has 0 saturated heterocycles. The lowest BCUT2D eigenvalue weighted by molar-refractivity contribution is 0.363. The first-order chi connectivity index (χ1) is 14.6. The molecule has 0 fully saturated rings. The summed E-state index contributed by atoms with van der Waals surface area (Å²) in [7, 11) is -0.134. The van der Waals surface area contributed by atoms with E-state index in [-0.39, 0.29) is 10.7 Å². The second-order valence-electron chi connectivity index (χ2n) is 7.14. The molecule has 0 radical (unpaired) electrons. The predicted octanol–water partition coefficient (Wildman–Crippen LogP) is 5.51. The standard InChI is InChI=1S/C22H21Cl2FN2O3S/c1-27(2)14-22(15-3-12-20(23)21(24)13-15)26-31(28,29)19-10-8-18(9-11-19)30-17-6-4-16(25)5-7-17/h3-13,22,26H,14H2,1-2H3/t22-/m1/s1. The lowest BCUT2D eigenvalue weighted by atomic mass is 10.1. The van der Waals surface area contributed by atoms with Gasteiger partial charge in [0.05, 0.1) is 21.0 Å². The van der Waals surface area contributed by atoms with Crippen molar-refractivity contribution in [2.75, 3.05) is 20.6 Å². The molecule has 3 aromatic carbocycles. The van der Waals surface area contributed by atoms with E-state index in [1.807, 2.05) is 19.0 Å². The summed E-state index contributed by atoms with van der Waals surface area (Å²) in [5, 5.41) is 0.748. The Bertz CT molecular complexity index is 1140. The largest absolute Gasteiger partial charge is 0.457 e. The zero-order valence-corrected chi connectivity index (χ0v) is 19.2. The fourth-order valence-electron chi connectivity index (χ4n) is 2.89. The van der Waals surface area contributed by atoms with E-state index >= 15 is 0 Å². The third-order valence-electron chi connectivity index (χ3n) is 4.37. The third-order valence-corrected chi connectivity index (χ3v) is 6.60. The number of ether oxygens (including phenoxy) is 1. The molecule has 0 bridgehead atoms. The molecule has 0 spiro atoms. The molecule has 3 aromatic rings. The number of sulfonamides is 1. The van der Waals surface area contributed by atoms with Crippen LogP contribution in [0, 0.1) is 5.82 Å². The minimum atomic E-state index is -3.83. The molecule has 0 amide bonds. The average Bonchev–Trinajstić information content (AvgIpc) is 2.71. The van der Waals surface area contributed by atoms with Gasteiger partial charge in [0, 0.05) is 6.54 Å². The first-order valence-corrected chi connectivity index (χ1v) is 11.5. The van der Waals surface area contributed by atoms with Crippen molar-refractivity contribution in [3.8, 4) is 11.5 Å². The van der Waals surface area contributed by atoms with Crippen molar-refractivity contribution >= 4 is 33.2 Å². The summed E-state index contributed by atoms with van der Waals surface area (Å²) < 4.78 is 47.3. The predicted molar refractivity (Wildman–Crippen MR) is 121 cm³/mol. The quantitative estimate of drug-likeness (QED) is 0.460. The van der Waals surface area contributed by atoms with Gasteiger partial charge in [-0.05, 0) is 80.3 Å². The van der Waals surface area contributed by atoms with Gasteiger partial charge in [-0.2, -0.15) is 0 Å². The van der Waals surface area contributed by atoms with Crippen molar-refractivity contribution in [3.63, 3.8) is 0 Å². The Balaban J connectivity index is 1.79. The highest BCUT2D eigenvalue weighted by Crippen LogP contribution is 2.28. The smallest absolute Gasteiger partial charge is 0.241 e. The van der Waals surface area contributed by atoms with E-state index < -0.39 is 16.1 Å². The van der Waals surface area contributed by atoms with Crippen LogP contribution >= 0.6 is 23.2 Å². The summed E-state index contributed by atoms with van der Waals surface area (Å²) in [6.45, 7) is 0.420. The Morgan fingerprint density at radius 2 is 1.52 bits per heavy atom. The highest BCUT2D eigenvalue weighted by atomic mass is 35.5. The number of benzene rings is 3. The molecular weight excluding hydrogens is 462 g/mol. The Hall–Kier alpha value is -2.16. The Labute approximate surface area is 191 Å². The second-order valence-corrected chi connectivity index (χ2v) is 9.67. The van der Waals surface area contributed by atoms with Gasteiger partial charge >= 0.3 is 0 Å². The zero-order chi connectivity index (χ0) is 22.6. The van der Waals surface area contributed by atoms with Crippen LogP contribution in [-0.4, -0.2) is 34.0 Å². The molecular formula is C22H21Cl2FN2O3S. The van der Waals surface area contributed by atoms with Gasteiger partial charge in [-0.25, -0.2) is 17.5 Å². The molecule has 31 heavy (non-hydrogen) atoms. The normalized spacial score (nSPS) is 12.7. The van der Waals surface area contributed by atoms with Crippen molar-refractivity contribution in [3.05, 3.63) is 88.2 Å². The number of likely N-dealkylation sites (N-methyl/N-ethyl adjacent to an activating group) is 1. The number of nitrogens with zero attached hydrogens (tertiary/aromatic N) is 1. The van der Waals surface area contributed by atoms with Gasteiger partial charge in [0.1, 0.15) is 17.3 Å². The van der Waals surface area contributed by atoms with Gasteiger partial charge < -0.3 is 9.64 Å². The molecule has 0 aromatic heterocycles. The first kappa shape index (κ1) is 23.5. The summed E-state index contributed by atoms with van der Waals surface area (Å²) in [5.74, 6) is 0.509. The first-order valence-electron chi connectivity index (χ1n) is 9.29. The summed E-state index contributed by atoms with van der Waals surface area (Å²) in [6, 6.07) is 16.0. The molecule has 0 aliphatic heterocycles. The number of rotatable bonds is 8. The van der Waals surface area contributed by atoms with E-state index in [2.05, 4.69) is 4.72 Å². The van der Waals surface area contributed by atoms with Crippen LogP contribution in [0.2, 0.25) is 10.0 Å². The molecule has 3 rings (SSSR count). The fraction of sp³-hybridized carbons (Fsp3) is 0.182. The van der Waals surface area contributed by atoms with Crippen LogP contribution in [0.3, 0.4) is 0 Å². The molecule has 0 aliphatic carbocycles. The van der Waals surface area contributed by atoms with Crippen LogP contribution < -0.4 is 9.46 Å². The molecule has 0 unspecified atom stereocenters. The Kier molecular flexibility index (Phi) is 7.56. The maximum absolute atomic E-state index is 13.0. The van der Waals surface area contributed by atoms with E-state index in [1.165, 1.54) is 48.5 Å². The summed E-state index contributed by atoms with van der Waals surface area (Å²) in [6.07, 6.45) is 0. The summed E-state index contributed by atoms with van der Waals surface area (Å²) in [4.78, 5) is 1.96. The maximum atomic E-state index is 13.0. The van der Waals surface area contributed by atoms with Crippen LogP contribution in [0.5, 0.6) is 11.5 Å². The molecule has 0 heterocycles. The van der Waals surface area contributed by atoms with Crippen molar-refractivity contribution in [1.82, 2.24) is 9.62 Å². The van der Waals surface area contributed by atoms with Crippen LogP contribution in [0.4, 0.5) is 4.39 Å². The van der Waals surface area contributed by atoms with Crippen LogP contribution in [0.25, 0.3) is 0 Å². The highest BCUT2D eigenvalue weighted by molar-refractivity contribution is 7.89. The lowest BCUT2D eigenvalue weighted by Gasteiger charge is -2.23. The zero-order valence-electron chi connectivity index (χ0n) is 16.8. The van der Waals surface area contributed by atoms with Crippen molar-refractivity contribution < 1.29 is 17.5 Å². The van der Waals surface area contributed by atoms with Gasteiger partial charge in [0.2, 0.25) is 10.0 Å². The number of hydrogen-bond donors (Lipinski definition) is 1. The molecule has 1 atom stereocenters. The van der Waals surface area contributed by atoms with E-state index in [9.17, 15) is 12.8 Å². The van der Waals surface area contributed by atoms with Gasteiger partial charge in [-0.3, -0.25) is 0 Å². The molecule has 164 valence electrons. The van der Waals surface area contributed by atoms with Crippen LogP contribution in [0.15, 0.2) is 71.6 Å². The van der Waals surface area contributed by atoms with E-state index in [1.54, 1.807) is 18.2 Å². The lowest BCUT2D eigenvalue weighted by Crippen LogP contribution is -2.35. The van der Waals surface area contributed by atoms with Gasteiger partial charge in [0.15, 0.2) is 0 Å². The molecule has 1 N–H and O–H groups in total. The number of nitrogens with one attached hydrogen (secondary N) is 1. The molecule has 0 aliphatic rings. The SMILES string of the molecule is CN(C)C[C@@H](NS(=O)(=O)c1ccc(Oc2ccc(F)cc2)cc1)c1ccc(Cl)c(Cl)c1. The molecule has 9 heteroatoms.